The summed E-state index contributed by atoms with van der Waals surface area (Å²) in [6.07, 6.45) is 5.15. The Hall–Kier alpha value is -2.41. The van der Waals surface area contributed by atoms with Gasteiger partial charge in [-0.3, -0.25) is 4.79 Å². The van der Waals surface area contributed by atoms with Gasteiger partial charge in [-0.15, -0.1) is 11.3 Å². The SMILES string of the molecule is CC(c1ccco1)N(C)C(=O)C1CCCN(c2ncnc3sccc23)C1. The van der Waals surface area contributed by atoms with Crippen LogP contribution in [0.1, 0.15) is 31.6 Å². The van der Waals surface area contributed by atoms with Crippen LogP contribution < -0.4 is 4.90 Å². The van der Waals surface area contributed by atoms with E-state index in [1.807, 2.05) is 31.5 Å². The van der Waals surface area contributed by atoms with Gasteiger partial charge in [0.2, 0.25) is 5.91 Å². The number of fused-ring (bicyclic) bond motifs is 1. The van der Waals surface area contributed by atoms with Gasteiger partial charge in [-0.2, -0.15) is 0 Å². The first kappa shape index (κ1) is 17.0. The predicted molar refractivity (Wildman–Crippen MR) is 102 cm³/mol. The Morgan fingerprint density at radius 2 is 2.31 bits per heavy atom. The van der Waals surface area contributed by atoms with E-state index >= 15 is 0 Å². The van der Waals surface area contributed by atoms with Gasteiger partial charge < -0.3 is 14.2 Å². The van der Waals surface area contributed by atoms with Crippen LogP contribution in [0.3, 0.4) is 0 Å². The number of thiophene rings is 1. The summed E-state index contributed by atoms with van der Waals surface area (Å²) in [6.45, 7) is 3.61. The van der Waals surface area contributed by atoms with Crippen molar-refractivity contribution in [3.63, 3.8) is 0 Å². The number of aromatic nitrogens is 2. The van der Waals surface area contributed by atoms with Crippen molar-refractivity contribution in [2.24, 2.45) is 5.92 Å². The minimum atomic E-state index is -0.0736. The van der Waals surface area contributed by atoms with Crippen LogP contribution in [-0.4, -0.2) is 40.9 Å². The molecule has 136 valence electrons. The second kappa shape index (κ2) is 7.07. The smallest absolute Gasteiger partial charge is 0.227 e. The third-order valence-corrected chi connectivity index (χ3v) is 6.02. The lowest BCUT2D eigenvalue weighted by molar-refractivity contribution is -0.136. The summed E-state index contributed by atoms with van der Waals surface area (Å²) in [5.74, 6) is 1.88. The molecular formula is C19H22N4O2S. The van der Waals surface area contributed by atoms with Gasteiger partial charge >= 0.3 is 0 Å². The second-order valence-corrected chi connectivity index (χ2v) is 7.66. The minimum absolute atomic E-state index is 0.0326. The highest BCUT2D eigenvalue weighted by Gasteiger charge is 2.31. The second-order valence-electron chi connectivity index (χ2n) is 6.76. The number of carbonyl (C=O) groups is 1. The average molecular weight is 370 g/mol. The van der Waals surface area contributed by atoms with Gasteiger partial charge in [-0.05, 0) is 43.3 Å². The molecule has 0 N–H and O–H groups in total. The van der Waals surface area contributed by atoms with Gasteiger partial charge in [0.25, 0.3) is 0 Å². The lowest BCUT2D eigenvalue weighted by Gasteiger charge is -2.36. The first-order valence-electron chi connectivity index (χ1n) is 8.88. The minimum Gasteiger partial charge on any atom is -0.467 e. The molecule has 6 nitrogen and oxygen atoms in total. The van der Waals surface area contributed by atoms with Crippen LogP contribution in [-0.2, 0) is 4.79 Å². The average Bonchev–Trinajstić information content (AvgIpc) is 3.37. The molecular weight excluding hydrogens is 348 g/mol. The molecule has 1 aliphatic rings. The summed E-state index contributed by atoms with van der Waals surface area (Å²) in [7, 11) is 1.86. The van der Waals surface area contributed by atoms with E-state index in [0.717, 1.165) is 41.2 Å². The number of hydrogen-bond donors (Lipinski definition) is 0. The van der Waals surface area contributed by atoms with E-state index in [1.54, 1.807) is 28.8 Å². The lowest BCUT2D eigenvalue weighted by atomic mass is 9.95. The molecule has 1 aliphatic heterocycles. The number of furan rings is 1. The summed E-state index contributed by atoms with van der Waals surface area (Å²) in [5, 5.41) is 3.11. The maximum atomic E-state index is 13.1. The lowest BCUT2D eigenvalue weighted by Crippen LogP contribution is -2.44. The third-order valence-electron chi connectivity index (χ3n) is 5.19. The van der Waals surface area contributed by atoms with Gasteiger partial charge in [0.1, 0.15) is 22.7 Å². The number of amides is 1. The summed E-state index contributed by atoms with van der Waals surface area (Å²) >= 11 is 1.62. The molecule has 0 bridgehead atoms. The Kier molecular flexibility index (Phi) is 4.63. The number of piperidine rings is 1. The molecule has 3 aromatic heterocycles. The molecule has 0 aliphatic carbocycles. The van der Waals surface area contributed by atoms with Crippen LogP contribution in [0.2, 0.25) is 0 Å². The molecule has 7 heteroatoms. The summed E-state index contributed by atoms with van der Waals surface area (Å²) in [4.78, 5) is 26.9. The monoisotopic (exact) mass is 370 g/mol. The molecule has 26 heavy (non-hydrogen) atoms. The Morgan fingerprint density at radius 3 is 3.12 bits per heavy atom. The van der Waals surface area contributed by atoms with Crippen LogP contribution in [0.5, 0.6) is 0 Å². The van der Waals surface area contributed by atoms with Gasteiger partial charge in [0.05, 0.1) is 23.6 Å². The standard InChI is InChI=1S/C19H22N4O2S/c1-13(16-6-4-9-25-16)22(2)19(24)14-5-3-8-23(11-14)17-15-7-10-26-18(15)21-12-20-17/h4,6-7,9-10,12-14H,3,5,8,11H2,1-2H3. The number of anilines is 1. The molecule has 2 atom stereocenters. The highest BCUT2D eigenvalue weighted by molar-refractivity contribution is 7.16. The van der Waals surface area contributed by atoms with Crippen molar-refractivity contribution in [2.75, 3.05) is 25.0 Å². The van der Waals surface area contributed by atoms with Gasteiger partial charge in [-0.1, -0.05) is 0 Å². The Labute approximate surface area is 156 Å². The Balaban J connectivity index is 1.51. The molecule has 0 saturated carbocycles. The van der Waals surface area contributed by atoms with Crippen molar-refractivity contribution in [3.05, 3.63) is 41.9 Å². The normalized spacial score (nSPS) is 18.8. The van der Waals surface area contributed by atoms with Crippen LogP contribution in [0.15, 0.2) is 40.6 Å². The van der Waals surface area contributed by atoms with E-state index in [1.165, 1.54) is 0 Å². The van der Waals surface area contributed by atoms with E-state index in [0.29, 0.717) is 6.54 Å². The van der Waals surface area contributed by atoms with Gasteiger partial charge in [-0.25, -0.2) is 9.97 Å². The van der Waals surface area contributed by atoms with E-state index in [4.69, 9.17) is 4.42 Å². The molecule has 4 heterocycles. The summed E-state index contributed by atoms with van der Waals surface area (Å²) in [6, 6.07) is 5.76. The predicted octanol–water partition coefficient (Wildman–Crippen LogP) is 3.72. The maximum Gasteiger partial charge on any atom is 0.227 e. The molecule has 1 amide bonds. The quantitative estimate of drug-likeness (QED) is 0.700. The van der Waals surface area contributed by atoms with E-state index in [9.17, 15) is 4.79 Å². The zero-order valence-corrected chi connectivity index (χ0v) is 15.8. The zero-order valence-electron chi connectivity index (χ0n) is 15.0. The van der Waals surface area contributed by atoms with Crippen molar-refractivity contribution < 1.29 is 9.21 Å². The molecule has 1 fully saturated rings. The van der Waals surface area contributed by atoms with Crippen molar-refractivity contribution in [3.8, 4) is 0 Å². The van der Waals surface area contributed by atoms with Crippen LogP contribution in [0, 0.1) is 5.92 Å². The summed E-state index contributed by atoms with van der Waals surface area (Å²) in [5.41, 5.74) is 0. The van der Waals surface area contributed by atoms with Gasteiger partial charge in [0, 0.05) is 20.1 Å². The number of hydrogen-bond acceptors (Lipinski definition) is 6. The number of carbonyl (C=O) groups excluding carboxylic acids is 1. The first-order valence-corrected chi connectivity index (χ1v) is 9.76. The largest absolute Gasteiger partial charge is 0.467 e. The molecule has 1 saturated heterocycles. The van der Waals surface area contributed by atoms with E-state index in [-0.39, 0.29) is 17.9 Å². The fourth-order valence-electron chi connectivity index (χ4n) is 3.60. The molecule has 0 radical (unpaired) electrons. The third kappa shape index (κ3) is 3.07. The highest BCUT2D eigenvalue weighted by Crippen LogP contribution is 2.31. The van der Waals surface area contributed by atoms with Gasteiger partial charge in [0.15, 0.2) is 0 Å². The van der Waals surface area contributed by atoms with Crippen molar-refractivity contribution in [1.29, 1.82) is 0 Å². The molecule has 2 unspecified atom stereocenters. The number of nitrogens with zero attached hydrogens (tertiary/aromatic N) is 4. The van der Waals surface area contributed by atoms with Crippen LogP contribution >= 0.6 is 11.3 Å². The number of rotatable bonds is 4. The molecule has 0 spiro atoms. The molecule has 3 aromatic rings. The van der Waals surface area contributed by atoms with Crippen molar-refractivity contribution >= 4 is 33.3 Å². The zero-order chi connectivity index (χ0) is 18.1. The maximum absolute atomic E-state index is 13.1. The first-order chi connectivity index (χ1) is 12.6. The van der Waals surface area contributed by atoms with E-state index in [2.05, 4.69) is 20.9 Å². The Morgan fingerprint density at radius 1 is 1.42 bits per heavy atom. The Bertz CT molecular complexity index is 892. The van der Waals surface area contributed by atoms with Crippen LogP contribution in [0.4, 0.5) is 5.82 Å². The fraction of sp³-hybridized carbons (Fsp3) is 0.421. The molecule has 0 aromatic carbocycles. The molecule has 4 rings (SSSR count). The van der Waals surface area contributed by atoms with Crippen molar-refractivity contribution in [2.45, 2.75) is 25.8 Å². The van der Waals surface area contributed by atoms with E-state index < -0.39 is 0 Å². The van der Waals surface area contributed by atoms with Crippen molar-refractivity contribution in [1.82, 2.24) is 14.9 Å². The summed E-state index contributed by atoms with van der Waals surface area (Å²) < 4.78 is 5.46. The highest BCUT2D eigenvalue weighted by atomic mass is 32.1. The van der Waals surface area contributed by atoms with Crippen LogP contribution in [0.25, 0.3) is 10.2 Å². The topological polar surface area (TPSA) is 62.5 Å². The fourth-order valence-corrected chi connectivity index (χ4v) is 4.33.